The molecule has 0 aliphatic heterocycles. The van der Waals surface area contributed by atoms with E-state index in [-0.39, 0.29) is 5.91 Å². The Kier molecular flexibility index (Phi) is 6.85. The molecule has 6 heteroatoms. The van der Waals surface area contributed by atoms with Crippen LogP contribution >= 0.6 is 23.4 Å². The zero-order chi connectivity index (χ0) is 19.8. The van der Waals surface area contributed by atoms with Gasteiger partial charge in [-0.25, -0.2) is 5.43 Å². The number of amides is 1. The van der Waals surface area contributed by atoms with Crippen LogP contribution in [0, 0.1) is 11.3 Å². The first-order valence-electron chi connectivity index (χ1n) is 8.45. The SMILES string of the molecule is N#Cc1ccc(/C=N/NC(=O)c2ccc(CSc3ccc(Cl)cc3)cc2)cc1. The van der Waals surface area contributed by atoms with E-state index in [1.165, 1.54) is 6.21 Å². The van der Waals surface area contributed by atoms with Gasteiger partial charge in [-0.1, -0.05) is 35.9 Å². The fourth-order valence-corrected chi connectivity index (χ4v) is 3.30. The summed E-state index contributed by atoms with van der Waals surface area (Å²) in [5, 5.41) is 13.5. The maximum absolute atomic E-state index is 12.2. The molecular weight excluding hydrogens is 390 g/mol. The highest BCUT2D eigenvalue weighted by atomic mass is 35.5. The van der Waals surface area contributed by atoms with Gasteiger partial charge in [0.05, 0.1) is 17.8 Å². The van der Waals surface area contributed by atoms with E-state index in [4.69, 9.17) is 16.9 Å². The van der Waals surface area contributed by atoms with Crippen LogP contribution in [0.5, 0.6) is 0 Å². The molecule has 28 heavy (non-hydrogen) atoms. The topological polar surface area (TPSA) is 65.2 Å². The van der Waals surface area contributed by atoms with Gasteiger partial charge in [-0.05, 0) is 59.7 Å². The number of rotatable bonds is 6. The van der Waals surface area contributed by atoms with E-state index in [1.807, 2.05) is 36.4 Å². The van der Waals surface area contributed by atoms with Gasteiger partial charge in [-0.2, -0.15) is 10.4 Å². The summed E-state index contributed by atoms with van der Waals surface area (Å²) in [6.45, 7) is 0. The minimum atomic E-state index is -0.276. The lowest BCUT2D eigenvalue weighted by Gasteiger charge is -2.04. The molecular formula is C22H16ClN3OS. The average Bonchev–Trinajstić information content (AvgIpc) is 2.74. The van der Waals surface area contributed by atoms with E-state index in [2.05, 4.69) is 16.6 Å². The van der Waals surface area contributed by atoms with E-state index in [0.717, 1.165) is 26.8 Å². The molecule has 4 nitrogen and oxygen atoms in total. The van der Waals surface area contributed by atoms with Gasteiger partial charge in [0.25, 0.3) is 5.91 Å². The molecule has 0 atom stereocenters. The number of carbonyl (C=O) groups excluding carboxylic acids is 1. The summed E-state index contributed by atoms with van der Waals surface area (Å²) in [5.41, 5.74) is 5.55. The average molecular weight is 406 g/mol. The fraction of sp³-hybridized carbons (Fsp3) is 0.0455. The Balaban J connectivity index is 1.52. The van der Waals surface area contributed by atoms with Crippen LogP contribution in [0.4, 0.5) is 0 Å². The second kappa shape index (κ2) is 9.75. The van der Waals surface area contributed by atoms with Gasteiger partial charge in [-0.15, -0.1) is 11.8 Å². The zero-order valence-electron chi connectivity index (χ0n) is 14.8. The molecule has 1 amide bonds. The van der Waals surface area contributed by atoms with Crippen LogP contribution in [0.3, 0.4) is 0 Å². The molecule has 0 fully saturated rings. The van der Waals surface area contributed by atoms with Crippen molar-refractivity contribution in [3.63, 3.8) is 0 Å². The summed E-state index contributed by atoms with van der Waals surface area (Å²) in [5.74, 6) is 0.530. The Morgan fingerprint density at radius 2 is 1.71 bits per heavy atom. The van der Waals surface area contributed by atoms with Gasteiger partial charge in [0.15, 0.2) is 0 Å². The highest BCUT2D eigenvalue weighted by Gasteiger charge is 2.04. The maximum Gasteiger partial charge on any atom is 0.271 e. The standard InChI is InChI=1S/C22H16ClN3OS/c23-20-9-11-21(12-10-20)28-15-18-5-7-19(8-6-18)22(27)26-25-14-17-3-1-16(13-24)2-4-17/h1-12,14H,15H2,(H,26,27)/b25-14+. The third-order valence-electron chi connectivity index (χ3n) is 3.85. The molecule has 3 aromatic rings. The lowest BCUT2D eigenvalue weighted by Crippen LogP contribution is -2.17. The van der Waals surface area contributed by atoms with Gasteiger partial charge < -0.3 is 0 Å². The highest BCUT2D eigenvalue weighted by molar-refractivity contribution is 7.98. The molecule has 3 rings (SSSR count). The molecule has 0 spiro atoms. The van der Waals surface area contributed by atoms with Crippen molar-refractivity contribution in [3.05, 3.63) is 100 Å². The maximum atomic E-state index is 12.2. The van der Waals surface area contributed by atoms with Crippen LogP contribution in [0.2, 0.25) is 5.02 Å². The number of hydrogen-bond acceptors (Lipinski definition) is 4. The van der Waals surface area contributed by atoms with E-state index < -0.39 is 0 Å². The van der Waals surface area contributed by atoms with Crippen molar-refractivity contribution in [2.75, 3.05) is 0 Å². The van der Waals surface area contributed by atoms with E-state index in [9.17, 15) is 4.79 Å². The number of benzene rings is 3. The Morgan fingerprint density at radius 1 is 1.04 bits per heavy atom. The lowest BCUT2D eigenvalue weighted by atomic mass is 10.1. The van der Waals surface area contributed by atoms with Gasteiger partial charge >= 0.3 is 0 Å². The van der Waals surface area contributed by atoms with Crippen LogP contribution < -0.4 is 5.43 Å². The number of carbonyl (C=O) groups is 1. The van der Waals surface area contributed by atoms with Crippen LogP contribution in [-0.4, -0.2) is 12.1 Å². The second-order valence-corrected chi connectivity index (χ2v) is 7.36. The number of nitriles is 1. The Hall–Kier alpha value is -3.07. The number of nitrogens with one attached hydrogen (secondary N) is 1. The first kappa shape index (κ1) is 19.7. The molecule has 0 bridgehead atoms. The lowest BCUT2D eigenvalue weighted by molar-refractivity contribution is 0.0955. The summed E-state index contributed by atoms with van der Waals surface area (Å²) >= 11 is 7.60. The molecule has 0 aromatic heterocycles. The Bertz CT molecular complexity index is 1010. The summed E-state index contributed by atoms with van der Waals surface area (Å²) in [6.07, 6.45) is 1.54. The van der Waals surface area contributed by atoms with Gasteiger partial charge in [0, 0.05) is 21.2 Å². The van der Waals surface area contributed by atoms with Crippen molar-refractivity contribution >= 4 is 35.5 Å². The number of halogens is 1. The molecule has 0 radical (unpaired) electrons. The number of nitrogens with zero attached hydrogens (tertiary/aromatic N) is 2. The summed E-state index contributed by atoms with van der Waals surface area (Å²) in [6, 6.07) is 24.1. The Labute approximate surface area is 172 Å². The molecule has 0 saturated carbocycles. The fourth-order valence-electron chi connectivity index (χ4n) is 2.32. The first-order valence-corrected chi connectivity index (χ1v) is 9.81. The Morgan fingerprint density at radius 3 is 2.36 bits per heavy atom. The first-order chi connectivity index (χ1) is 13.6. The van der Waals surface area contributed by atoms with Gasteiger partial charge in [-0.3, -0.25) is 4.79 Å². The zero-order valence-corrected chi connectivity index (χ0v) is 16.4. The van der Waals surface area contributed by atoms with Crippen LogP contribution in [-0.2, 0) is 5.75 Å². The summed E-state index contributed by atoms with van der Waals surface area (Å²) in [7, 11) is 0. The third kappa shape index (κ3) is 5.71. The summed E-state index contributed by atoms with van der Waals surface area (Å²) < 4.78 is 0. The molecule has 138 valence electrons. The molecule has 0 saturated heterocycles. The number of thioether (sulfide) groups is 1. The normalized spacial score (nSPS) is 10.6. The number of hydrazone groups is 1. The minimum Gasteiger partial charge on any atom is -0.267 e. The molecule has 0 heterocycles. The molecule has 0 aliphatic rings. The van der Waals surface area contributed by atoms with Gasteiger partial charge in [0.1, 0.15) is 0 Å². The largest absolute Gasteiger partial charge is 0.271 e. The van der Waals surface area contributed by atoms with E-state index in [0.29, 0.717) is 11.1 Å². The van der Waals surface area contributed by atoms with Crippen molar-refractivity contribution in [3.8, 4) is 6.07 Å². The third-order valence-corrected chi connectivity index (χ3v) is 5.19. The predicted octanol–water partition coefficient (Wildman–Crippen LogP) is 5.27. The van der Waals surface area contributed by atoms with E-state index in [1.54, 1.807) is 48.2 Å². The quantitative estimate of drug-likeness (QED) is 0.345. The highest BCUT2D eigenvalue weighted by Crippen LogP contribution is 2.24. The van der Waals surface area contributed by atoms with Crippen LogP contribution in [0.1, 0.15) is 27.0 Å². The molecule has 0 unspecified atom stereocenters. The smallest absolute Gasteiger partial charge is 0.267 e. The molecule has 0 aliphatic carbocycles. The second-order valence-electron chi connectivity index (χ2n) is 5.87. The van der Waals surface area contributed by atoms with Crippen molar-refractivity contribution in [2.24, 2.45) is 5.10 Å². The monoisotopic (exact) mass is 405 g/mol. The van der Waals surface area contributed by atoms with Crippen LogP contribution in [0.25, 0.3) is 0 Å². The van der Waals surface area contributed by atoms with Crippen molar-refractivity contribution in [2.45, 2.75) is 10.6 Å². The van der Waals surface area contributed by atoms with Crippen molar-refractivity contribution in [1.82, 2.24) is 5.43 Å². The van der Waals surface area contributed by atoms with Crippen molar-refractivity contribution in [1.29, 1.82) is 5.26 Å². The van der Waals surface area contributed by atoms with Crippen LogP contribution in [0.15, 0.2) is 82.8 Å². The molecule has 3 aromatic carbocycles. The molecule has 1 N–H and O–H groups in total. The van der Waals surface area contributed by atoms with Crippen molar-refractivity contribution < 1.29 is 4.79 Å². The number of hydrogen-bond donors (Lipinski definition) is 1. The van der Waals surface area contributed by atoms with E-state index >= 15 is 0 Å². The summed E-state index contributed by atoms with van der Waals surface area (Å²) in [4.78, 5) is 13.3. The van der Waals surface area contributed by atoms with Gasteiger partial charge in [0.2, 0.25) is 0 Å². The predicted molar refractivity (Wildman–Crippen MR) is 114 cm³/mol. The minimum absolute atomic E-state index is 0.276.